The Kier molecular flexibility index (Phi) is 4.32. The van der Waals surface area contributed by atoms with Crippen molar-refractivity contribution in [3.63, 3.8) is 0 Å². The number of hydrogen-bond acceptors (Lipinski definition) is 2. The molecule has 3 rings (SSSR count). The van der Waals surface area contributed by atoms with E-state index in [1.54, 1.807) is 6.07 Å². The van der Waals surface area contributed by atoms with Crippen LogP contribution in [0.1, 0.15) is 11.4 Å². The molecule has 0 aliphatic heterocycles. The van der Waals surface area contributed by atoms with Gasteiger partial charge in [0.2, 0.25) is 0 Å². The number of aromatic nitrogens is 2. The van der Waals surface area contributed by atoms with Gasteiger partial charge in [0, 0.05) is 22.5 Å². The summed E-state index contributed by atoms with van der Waals surface area (Å²) < 4.78 is 1.05. The number of halogens is 2. The minimum Gasteiger partial charge on any atom is -0.232 e. The largest absolute Gasteiger partial charge is 0.232 e. The van der Waals surface area contributed by atoms with Crippen molar-refractivity contribution >= 4 is 27.5 Å². The van der Waals surface area contributed by atoms with Crippen LogP contribution in [0, 0.1) is 0 Å². The van der Waals surface area contributed by atoms with E-state index < -0.39 is 0 Å². The first-order valence-corrected chi connectivity index (χ1v) is 7.71. The summed E-state index contributed by atoms with van der Waals surface area (Å²) in [7, 11) is 0. The van der Waals surface area contributed by atoms with Crippen molar-refractivity contribution in [3.05, 3.63) is 81.7 Å². The van der Waals surface area contributed by atoms with Crippen LogP contribution in [0.4, 0.5) is 0 Å². The van der Waals surface area contributed by atoms with Gasteiger partial charge in [-0.2, -0.15) is 0 Å². The monoisotopic (exact) mass is 358 g/mol. The van der Waals surface area contributed by atoms with Crippen LogP contribution in [0.25, 0.3) is 11.3 Å². The molecule has 0 atom stereocenters. The Hall–Kier alpha value is -1.71. The molecule has 0 aliphatic rings. The summed E-state index contributed by atoms with van der Waals surface area (Å²) in [5, 5.41) is 0.467. The van der Waals surface area contributed by atoms with Crippen LogP contribution >= 0.6 is 27.5 Å². The molecule has 4 heteroatoms. The first kappa shape index (κ1) is 14.2. The number of rotatable bonds is 3. The molecule has 104 valence electrons. The highest BCUT2D eigenvalue weighted by Crippen LogP contribution is 2.21. The zero-order valence-corrected chi connectivity index (χ0v) is 13.5. The fourth-order valence-corrected chi connectivity index (χ4v) is 2.78. The van der Waals surface area contributed by atoms with Gasteiger partial charge in [-0.05, 0) is 17.7 Å². The molecule has 0 amide bonds. The lowest BCUT2D eigenvalue weighted by Crippen LogP contribution is -1.99. The van der Waals surface area contributed by atoms with E-state index in [1.165, 1.54) is 0 Å². The lowest BCUT2D eigenvalue weighted by Gasteiger charge is -2.06. The molecule has 2 nitrogen and oxygen atoms in total. The average molecular weight is 360 g/mol. The maximum absolute atomic E-state index is 6.14. The molecule has 0 saturated carbocycles. The van der Waals surface area contributed by atoms with Gasteiger partial charge in [0.25, 0.3) is 0 Å². The van der Waals surface area contributed by atoms with Crippen molar-refractivity contribution in [1.29, 1.82) is 0 Å². The number of hydrogen-bond donors (Lipinski definition) is 0. The van der Waals surface area contributed by atoms with E-state index in [9.17, 15) is 0 Å². The Morgan fingerprint density at radius 2 is 1.71 bits per heavy atom. The van der Waals surface area contributed by atoms with Gasteiger partial charge in [-0.1, -0.05) is 70.0 Å². The summed E-state index contributed by atoms with van der Waals surface area (Å²) in [5.41, 5.74) is 3.03. The maximum Gasteiger partial charge on any atom is 0.135 e. The maximum atomic E-state index is 6.14. The minimum atomic E-state index is 0.467. The van der Waals surface area contributed by atoms with Crippen LogP contribution in [0.5, 0.6) is 0 Å². The number of benzene rings is 2. The molecule has 0 fully saturated rings. The van der Waals surface area contributed by atoms with Crippen LogP contribution in [-0.2, 0) is 6.42 Å². The Balaban J connectivity index is 1.95. The summed E-state index contributed by atoms with van der Waals surface area (Å²) in [6.45, 7) is 0. The highest BCUT2D eigenvalue weighted by Gasteiger charge is 2.06. The van der Waals surface area contributed by atoms with Gasteiger partial charge < -0.3 is 0 Å². The van der Waals surface area contributed by atoms with Gasteiger partial charge in [0.05, 0.1) is 5.69 Å². The summed E-state index contributed by atoms with van der Waals surface area (Å²) in [4.78, 5) is 8.94. The SMILES string of the molecule is Clc1cc(-c2ccccc2)nc(Cc2cccc(Br)c2)n1. The molecule has 0 aliphatic carbocycles. The summed E-state index contributed by atoms with van der Waals surface area (Å²) in [5.74, 6) is 0.722. The van der Waals surface area contributed by atoms with Crippen molar-refractivity contribution in [2.75, 3.05) is 0 Å². The van der Waals surface area contributed by atoms with Crippen molar-refractivity contribution < 1.29 is 0 Å². The predicted octanol–water partition coefficient (Wildman–Crippen LogP) is 5.15. The van der Waals surface area contributed by atoms with E-state index >= 15 is 0 Å². The molecular formula is C17H12BrClN2. The third-order valence-corrected chi connectivity index (χ3v) is 3.75. The van der Waals surface area contributed by atoms with Crippen LogP contribution in [0.2, 0.25) is 5.15 Å². The van der Waals surface area contributed by atoms with Gasteiger partial charge >= 0.3 is 0 Å². The van der Waals surface area contributed by atoms with Gasteiger partial charge in [0.15, 0.2) is 0 Å². The fourth-order valence-electron chi connectivity index (χ4n) is 2.13. The number of nitrogens with zero attached hydrogens (tertiary/aromatic N) is 2. The van der Waals surface area contributed by atoms with Crippen LogP contribution in [0.3, 0.4) is 0 Å². The van der Waals surface area contributed by atoms with E-state index in [0.29, 0.717) is 11.6 Å². The van der Waals surface area contributed by atoms with E-state index in [-0.39, 0.29) is 0 Å². The second kappa shape index (κ2) is 6.37. The lowest BCUT2D eigenvalue weighted by atomic mass is 10.1. The van der Waals surface area contributed by atoms with Crippen molar-refractivity contribution in [2.24, 2.45) is 0 Å². The molecule has 0 N–H and O–H groups in total. The third kappa shape index (κ3) is 3.69. The Labute approximate surface area is 137 Å². The first-order chi connectivity index (χ1) is 10.2. The molecule has 2 aromatic carbocycles. The molecular weight excluding hydrogens is 348 g/mol. The predicted molar refractivity (Wildman–Crippen MR) is 89.4 cm³/mol. The Morgan fingerprint density at radius 3 is 2.48 bits per heavy atom. The quantitative estimate of drug-likeness (QED) is 0.604. The zero-order valence-electron chi connectivity index (χ0n) is 11.1. The van der Waals surface area contributed by atoms with Crippen molar-refractivity contribution in [2.45, 2.75) is 6.42 Å². The molecule has 1 aromatic heterocycles. The second-order valence-corrected chi connectivity index (χ2v) is 5.97. The van der Waals surface area contributed by atoms with Crippen molar-refractivity contribution in [3.8, 4) is 11.3 Å². The van der Waals surface area contributed by atoms with Gasteiger partial charge in [-0.3, -0.25) is 0 Å². The Bertz CT molecular complexity index is 760. The zero-order chi connectivity index (χ0) is 14.7. The average Bonchev–Trinajstić information content (AvgIpc) is 2.47. The summed E-state index contributed by atoms with van der Waals surface area (Å²) in [6.07, 6.45) is 0.653. The molecule has 0 unspecified atom stereocenters. The Morgan fingerprint density at radius 1 is 0.905 bits per heavy atom. The first-order valence-electron chi connectivity index (χ1n) is 6.54. The molecule has 0 saturated heterocycles. The summed E-state index contributed by atoms with van der Waals surface area (Å²) in [6, 6.07) is 19.9. The van der Waals surface area contributed by atoms with E-state index in [2.05, 4.69) is 38.0 Å². The third-order valence-electron chi connectivity index (χ3n) is 3.06. The standard InChI is InChI=1S/C17H12BrClN2/c18-14-8-4-5-12(9-14)10-17-20-15(11-16(19)21-17)13-6-2-1-3-7-13/h1-9,11H,10H2. The second-order valence-electron chi connectivity index (χ2n) is 4.66. The van der Waals surface area contributed by atoms with Crippen molar-refractivity contribution in [1.82, 2.24) is 9.97 Å². The smallest absolute Gasteiger partial charge is 0.135 e. The lowest BCUT2D eigenvalue weighted by molar-refractivity contribution is 0.972. The fraction of sp³-hybridized carbons (Fsp3) is 0.0588. The van der Waals surface area contributed by atoms with E-state index in [4.69, 9.17) is 11.6 Å². The van der Waals surface area contributed by atoms with Crippen LogP contribution in [-0.4, -0.2) is 9.97 Å². The van der Waals surface area contributed by atoms with Crippen LogP contribution in [0.15, 0.2) is 65.1 Å². The van der Waals surface area contributed by atoms with Gasteiger partial charge in [-0.15, -0.1) is 0 Å². The molecule has 21 heavy (non-hydrogen) atoms. The molecule has 0 bridgehead atoms. The molecule has 1 heterocycles. The normalized spacial score (nSPS) is 10.6. The summed E-state index contributed by atoms with van der Waals surface area (Å²) >= 11 is 9.61. The minimum absolute atomic E-state index is 0.467. The molecule has 3 aromatic rings. The van der Waals surface area contributed by atoms with Gasteiger partial charge in [0.1, 0.15) is 11.0 Å². The van der Waals surface area contributed by atoms with Gasteiger partial charge in [-0.25, -0.2) is 9.97 Å². The van der Waals surface area contributed by atoms with E-state index in [0.717, 1.165) is 27.1 Å². The topological polar surface area (TPSA) is 25.8 Å². The molecule has 0 radical (unpaired) electrons. The van der Waals surface area contributed by atoms with Crippen LogP contribution < -0.4 is 0 Å². The van der Waals surface area contributed by atoms with E-state index in [1.807, 2.05) is 42.5 Å². The molecule has 0 spiro atoms. The highest BCUT2D eigenvalue weighted by atomic mass is 79.9. The highest BCUT2D eigenvalue weighted by molar-refractivity contribution is 9.10.